The summed E-state index contributed by atoms with van der Waals surface area (Å²) in [5.41, 5.74) is 1.14. The molecule has 1 aromatic rings. The lowest BCUT2D eigenvalue weighted by atomic mass is 10.2. The third-order valence-corrected chi connectivity index (χ3v) is 4.76. The molecule has 108 valence electrons. The summed E-state index contributed by atoms with van der Waals surface area (Å²) < 4.78 is 26.8. The van der Waals surface area contributed by atoms with Crippen molar-refractivity contribution in [1.82, 2.24) is 10.0 Å². The summed E-state index contributed by atoms with van der Waals surface area (Å²) in [6.45, 7) is 3.50. The van der Waals surface area contributed by atoms with Gasteiger partial charge in [-0.2, -0.15) is 0 Å². The monoisotopic (exact) mass is 304 g/mol. The Morgan fingerprint density at radius 3 is 2.53 bits per heavy atom. The minimum atomic E-state index is -3.36. The first kappa shape index (κ1) is 16.4. The van der Waals surface area contributed by atoms with Gasteiger partial charge >= 0.3 is 0 Å². The Hall–Kier alpha value is -0.620. The fraction of sp³-hybridized carbons (Fsp3) is 0.538. The van der Waals surface area contributed by atoms with Crippen LogP contribution in [-0.4, -0.2) is 27.5 Å². The summed E-state index contributed by atoms with van der Waals surface area (Å²) in [6.07, 6.45) is 3.08. The molecular weight excluding hydrogens is 284 g/mol. The highest BCUT2D eigenvalue weighted by Crippen LogP contribution is 2.11. The predicted octanol–water partition coefficient (Wildman–Crippen LogP) is 1.70. The molecule has 1 fully saturated rings. The molecule has 6 heteroatoms. The van der Waals surface area contributed by atoms with E-state index in [-0.39, 0.29) is 18.4 Å². The number of aryl methyl sites for hydroxylation is 1. The predicted molar refractivity (Wildman–Crippen MR) is 79.3 cm³/mol. The Kier molecular flexibility index (Phi) is 6.26. The lowest BCUT2D eigenvalue weighted by molar-refractivity contribution is 0.552. The van der Waals surface area contributed by atoms with E-state index >= 15 is 0 Å². The molecule has 4 nitrogen and oxygen atoms in total. The van der Waals surface area contributed by atoms with Gasteiger partial charge in [-0.25, -0.2) is 13.1 Å². The standard InChI is InChI=1S/C13H20N2O2S.ClH/c1-2-11-5-7-13(8-6-11)18(16,17)15-10-12-4-3-9-14-12;/h5-8,12,14-15H,2-4,9-10H2,1H3;1H. The molecule has 0 aliphatic carbocycles. The maximum atomic E-state index is 12.0. The van der Waals surface area contributed by atoms with Crippen molar-refractivity contribution < 1.29 is 8.42 Å². The Balaban J connectivity index is 0.00000180. The Labute approximate surface area is 121 Å². The molecule has 0 spiro atoms. The van der Waals surface area contributed by atoms with Crippen LogP contribution in [-0.2, 0) is 16.4 Å². The van der Waals surface area contributed by atoms with Crippen molar-refractivity contribution in [2.75, 3.05) is 13.1 Å². The molecule has 1 atom stereocenters. The van der Waals surface area contributed by atoms with Crippen LogP contribution in [0, 0.1) is 0 Å². The average Bonchev–Trinajstić information content (AvgIpc) is 2.90. The van der Waals surface area contributed by atoms with Gasteiger partial charge in [0.2, 0.25) is 10.0 Å². The van der Waals surface area contributed by atoms with E-state index in [1.807, 2.05) is 19.1 Å². The highest BCUT2D eigenvalue weighted by Gasteiger charge is 2.18. The van der Waals surface area contributed by atoms with Gasteiger partial charge in [-0.3, -0.25) is 0 Å². The second kappa shape index (κ2) is 7.24. The summed E-state index contributed by atoms with van der Waals surface area (Å²) in [6, 6.07) is 7.34. The van der Waals surface area contributed by atoms with Crippen LogP contribution in [0.25, 0.3) is 0 Å². The molecule has 1 aromatic carbocycles. The van der Waals surface area contributed by atoms with Crippen LogP contribution in [0.5, 0.6) is 0 Å². The average molecular weight is 305 g/mol. The van der Waals surface area contributed by atoms with Crippen LogP contribution in [0.3, 0.4) is 0 Å². The first-order chi connectivity index (χ1) is 8.62. The number of nitrogens with one attached hydrogen (secondary N) is 2. The first-order valence-electron chi connectivity index (χ1n) is 6.44. The zero-order valence-corrected chi connectivity index (χ0v) is 12.7. The number of hydrogen-bond donors (Lipinski definition) is 2. The number of benzene rings is 1. The van der Waals surface area contributed by atoms with Gasteiger partial charge in [0, 0.05) is 12.6 Å². The lowest BCUT2D eigenvalue weighted by Crippen LogP contribution is -2.37. The van der Waals surface area contributed by atoms with Gasteiger partial charge in [-0.05, 0) is 43.5 Å². The molecule has 1 unspecified atom stereocenters. The molecule has 1 aliphatic heterocycles. The fourth-order valence-corrected chi connectivity index (χ4v) is 3.21. The van der Waals surface area contributed by atoms with Crippen LogP contribution in [0.15, 0.2) is 29.2 Å². The molecule has 0 bridgehead atoms. The van der Waals surface area contributed by atoms with Crippen molar-refractivity contribution in [3.8, 4) is 0 Å². The molecule has 2 N–H and O–H groups in total. The van der Waals surface area contributed by atoms with E-state index in [4.69, 9.17) is 0 Å². The highest BCUT2D eigenvalue weighted by molar-refractivity contribution is 7.89. The molecule has 19 heavy (non-hydrogen) atoms. The molecule has 2 rings (SSSR count). The number of rotatable bonds is 5. The third-order valence-electron chi connectivity index (χ3n) is 3.32. The van der Waals surface area contributed by atoms with Crippen LogP contribution in [0.1, 0.15) is 25.3 Å². The van der Waals surface area contributed by atoms with Crippen LogP contribution in [0.4, 0.5) is 0 Å². The topological polar surface area (TPSA) is 58.2 Å². The van der Waals surface area contributed by atoms with Crippen molar-refractivity contribution in [2.45, 2.75) is 37.1 Å². The van der Waals surface area contributed by atoms with Crippen LogP contribution in [0.2, 0.25) is 0 Å². The van der Waals surface area contributed by atoms with Gasteiger partial charge < -0.3 is 5.32 Å². The van der Waals surface area contributed by atoms with E-state index in [0.29, 0.717) is 11.4 Å². The summed E-state index contributed by atoms with van der Waals surface area (Å²) in [7, 11) is -3.36. The Morgan fingerprint density at radius 2 is 2.00 bits per heavy atom. The molecule has 0 amide bonds. The van der Waals surface area contributed by atoms with E-state index in [0.717, 1.165) is 31.4 Å². The largest absolute Gasteiger partial charge is 0.313 e. The maximum Gasteiger partial charge on any atom is 0.240 e. The van der Waals surface area contributed by atoms with Gasteiger partial charge in [-0.15, -0.1) is 12.4 Å². The summed E-state index contributed by atoms with van der Waals surface area (Å²) in [4.78, 5) is 0.345. The van der Waals surface area contributed by atoms with Crippen LogP contribution >= 0.6 is 12.4 Å². The highest BCUT2D eigenvalue weighted by atomic mass is 35.5. The Morgan fingerprint density at radius 1 is 1.32 bits per heavy atom. The van der Waals surface area contributed by atoms with Gasteiger partial charge in [-0.1, -0.05) is 19.1 Å². The van der Waals surface area contributed by atoms with Crippen LogP contribution < -0.4 is 10.0 Å². The van der Waals surface area contributed by atoms with Crippen molar-refractivity contribution >= 4 is 22.4 Å². The van der Waals surface area contributed by atoms with E-state index in [9.17, 15) is 8.42 Å². The lowest BCUT2D eigenvalue weighted by Gasteiger charge is -2.12. The smallest absolute Gasteiger partial charge is 0.240 e. The zero-order valence-electron chi connectivity index (χ0n) is 11.1. The molecule has 1 saturated heterocycles. The van der Waals surface area contributed by atoms with Gasteiger partial charge in [0.05, 0.1) is 4.90 Å². The molecule has 0 radical (unpaired) electrons. The van der Waals surface area contributed by atoms with Crippen molar-refractivity contribution in [1.29, 1.82) is 0 Å². The summed E-state index contributed by atoms with van der Waals surface area (Å²) in [5.74, 6) is 0. The second-order valence-electron chi connectivity index (χ2n) is 4.64. The molecule has 0 aromatic heterocycles. The minimum absolute atomic E-state index is 0. The molecule has 0 saturated carbocycles. The molecular formula is C13H21ClN2O2S. The fourth-order valence-electron chi connectivity index (χ4n) is 2.13. The second-order valence-corrected chi connectivity index (χ2v) is 6.41. The van der Waals surface area contributed by atoms with E-state index < -0.39 is 10.0 Å². The maximum absolute atomic E-state index is 12.0. The van der Waals surface area contributed by atoms with Crippen molar-refractivity contribution in [3.05, 3.63) is 29.8 Å². The van der Waals surface area contributed by atoms with E-state index in [2.05, 4.69) is 10.0 Å². The van der Waals surface area contributed by atoms with Gasteiger partial charge in [0.15, 0.2) is 0 Å². The normalized spacial score (nSPS) is 19.1. The third kappa shape index (κ3) is 4.45. The quantitative estimate of drug-likeness (QED) is 0.870. The van der Waals surface area contributed by atoms with E-state index in [1.165, 1.54) is 0 Å². The molecule has 1 heterocycles. The van der Waals surface area contributed by atoms with Gasteiger partial charge in [0.25, 0.3) is 0 Å². The summed E-state index contributed by atoms with van der Waals surface area (Å²) in [5, 5.41) is 3.27. The van der Waals surface area contributed by atoms with Crippen molar-refractivity contribution in [3.63, 3.8) is 0 Å². The summed E-state index contributed by atoms with van der Waals surface area (Å²) >= 11 is 0. The number of sulfonamides is 1. The Bertz CT molecular complexity index is 482. The number of halogens is 1. The first-order valence-corrected chi connectivity index (χ1v) is 7.92. The molecule has 1 aliphatic rings. The van der Waals surface area contributed by atoms with E-state index in [1.54, 1.807) is 12.1 Å². The van der Waals surface area contributed by atoms with Gasteiger partial charge in [0.1, 0.15) is 0 Å². The minimum Gasteiger partial charge on any atom is -0.313 e. The number of hydrogen-bond acceptors (Lipinski definition) is 3. The zero-order chi connectivity index (χ0) is 13.0. The van der Waals surface area contributed by atoms with Crippen molar-refractivity contribution in [2.24, 2.45) is 0 Å². The SMILES string of the molecule is CCc1ccc(S(=O)(=O)NCC2CCCN2)cc1.Cl.